The van der Waals surface area contributed by atoms with Crippen LogP contribution in [0, 0.1) is 5.92 Å². The third-order valence-electron chi connectivity index (χ3n) is 3.28. The summed E-state index contributed by atoms with van der Waals surface area (Å²) in [6, 6.07) is 0. The number of sulfonamides is 1. The highest BCUT2D eigenvalue weighted by Gasteiger charge is 2.34. The number of aliphatic carboxylic acids is 1. The molecule has 104 valence electrons. The van der Waals surface area contributed by atoms with Gasteiger partial charge in [0.05, 0.1) is 11.9 Å². The van der Waals surface area contributed by atoms with Crippen LogP contribution < -0.4 is 0 Å². The van der Waals surface area contributed by atoms with E-state index in [1.54, 1.807) is 0 Å². The quantitative estimate of drug-likeness (QED) is 0.723. The zero-order chi connectivity index (χ0) is 13.2. The molecular weight excluding hydrogens is 258 g/mol. The van der Waals surface area contributed by atoms with Crippen molar-refractivity contribution in [1.82, 2.24) is 4.31 Å². The van der Waals surface area contributed by atoms with Gasteiger partial charge in [-0.25, -0.2) is 8.42 Å². The number of carboxylic acid groups (broad SMARTS) is 1. The van der Waals surface area contributed by atoms with Gasteiger partial charge in [0, 0.05) is 13.2 Å². The molecule has 0 aromatic heterocycles. The Morgan fingerprint density at radius 2 is 2.06 bits per heavy atom. The van der Waals surface area contributed by atoms with Crippen molar-refractivity contribution in [2.24, 2.45) is 5.92 Å². The highest BCUT2D eigenvalue weighted by molar-refractivity contribution is 7.89. The Kier molecular flexibility index (Phi) is 4.24. The first kappa shape index (κ1) is 13.8. The lowest BCUT2D eigenvalue weighted by Crippen LogP contribution is -2.41. The first-order chi connectivity index (χ1) is 8.47. The summed E-state index contributed by atoms with van der Waals surface area (Å²) in [6.07, 6.45) is 3.33. The number of carboxylic acids is 1. The van der Waals surface area contributed by atoms with Crippen LogP contribution in [0.5, 0.6) is 0 Å². The van der Waals surface area contributed by atoms with Gasteiger partial charge in [-0.05, 0) is 31.6 Å². The molecule has 18 heavy (non-hydrogen) atoms. The fraction of sp³-hybridized carbons (Fsp3) is 0.909. The number of rotatable bonds is 7. The first-order valence-electron chi connectivity index (χ1n) is 6.28. The molecule has 1 aliphatic carbocycles. The summed E-state index contributed by atoms with van der Waals surface area (Å²) in [6.45, 7) is 0.495. The maximum absolute atomic E-state index is 12.2. The zero-order valence-corrected chi connectivity index (χ0v) is 11.1. The van der Waals surface area contributed by atoms with Gasteiger partial charge in [-0.1, -0.05) is 0 Å². The summed E-state index contributed by atoms with van der Waals surface area (Å²) in [5, 5.41) is 8.80. The smallest absolute Gasteiger partial charge is 0.318 e. The van der Waals surface area contributed by atoms with Crippen LogP contribution >= 0.6 is 0 Å². The maximum atomic E-state index is 12.2. The average Bonchev–Trinajstić information content (AvgIpc) is 2.93. The van der Waals surface area contributed by atoms with Gasteiger partial charge in [0.1, 0.15) is 6.54 Å². The molecule has 0 aromatic rings. The molecule has 2 rings (SSSR count). The molecule has 0 radical (unpaired) electrons. The van der Waals surface area contributed by atoms with Crippen molar-refractivity contribution >= 4 is 16.0 Å². The summed E-state index contributed by atoms with van der Waals surface area (Å²) in [5.41, 5.74) is 0. The Morgan fingerprint density at radius 1 is 1.33 bits per heavy atom. The van der Waals surface area contributed by atoms with Crippen LogP contribution in [0.25, 0.3) is 0 Å². The van der Waals surface area contributed by atoms with Crippen molar-refractivity contribution < 1.29 is 23.1 Å². The SMILES string of the molecule is O=C(O)CN(CC1CC1)S(=O)(=O)CC1CCCO1. The molecule has 1 saturated heterocycles. The molecule has 1 aliphatic heterocycles. The van der Waals surface area contributed by atoms with Gasteiger partial charge < -0.3 is 9.84 Å². The molecule has 0 spiro atoms. The van der Waals surface area contributed by atoms with E-state index in [1.807, 2.05) is 0 Å². The van der Waals surface area contributed by atoms with Gasteiger partial charge in [-0.3, -0.25) is 4.79 Å². The fourth-order valence-corrected chi connectivity index (χ4v) is 3.82. The van der Waals surface area contributed by atoms with E-state index >= 15 is 0 Å². The van der Waals surface area contributed by atoms with Gasteiger partial charge in [0.2, 0.25) is 10.0 Å². The first-order valence-corrected chi connectivity index (χ1v) is 7.89. The molecule has 1 heterocycles. The van der Waals surface area contributed by atoms with Crippen LogP contribution in [-0.2, 0) is 19.6 Å². The third kappa shape index (κ3) is 3.93. The summed E-state index contributed by atoms with van der Waals surface area (Å²) < 4.78 is 30.8. The molecular formula is C11H19NO5S. The van der Waals surface area contributed by atoms with Crippen LogP contribution in [-0.4, -0.2) is 55.4 Å². The second kappa shape index (κ2) is 5.54. The molecule has 1 N–H and O–H groups in total. The Labute approximate surface area is 107 Å². The molecule has 0 bridgehead atoms. The monoisotopic (exact) mass is 277 g/mol. The number of nitrogens with zero attached hydrogens (tertiary/aromatic N) is 1. The Morgan fingerprint density at radius 3 is 2.56 bits per heavy atom. The van der Waals surface area contributed by atoms with Gasteiger partial charge in [-0.2, -0.15) is 4.31 Å². The minimum absolute atomic E-state index is 0.0903. The van der Waals surface area contributed by atoms with Crippen molar-refractivity contribution in [2.45, 2.75) is 31.8 Å². The van der Waals surface area contributed by atoms with Crippen LogP contribution in [0.3, 0.4) is 0 Å². The topological polar surface area (TPSA) is 83.9 Å². The number of hydrogen-bond acceptors (Lipinski definition) is 4. The van der Waals surface area contributed by atoms with Crippen molar-refractivity contribution in [3.05, 3.63) is 0 Å². The molecule has 0 amide bonds. The van der Waals surface area contributed by atoms with Crippen molar-refractivity contribution in [1.29, 1.82) is 0 Å². The largest absolute Gasteiger partial charge is 0.480 e. The summed E-state index contributed by atoms with van der Waals surface area (Å²) in [5.74, 6) is -0.859. The second-order valence-corrected chi connectivity index (χ2v) is 7.06. The van der Waals surface area contributed by atoms with Crippen molar-refractivity contribution in [2.75, 3.05) is 25.4 Å². The van der Waals surface area contributed by atoms with Gasteiger partial charge in [-0.15, -0.1) is 0 Å². The van der Waals surface area contributed by atoms with Crippen LogP contribution in [0.1, 0.15) is 25.7 Å². The van der Waals surface area contributed by atoms with E-state index in [4.69, 9.17) is 9.84 Å². The normalized spacial score (nSPS) is 24.6. The van der Waals surface area contributed by atoms with Crippen LogP contribution in [0.4, 0.5) is 0 Å². The lowest BCUT2D eigenvalue weighted by atomic mass is 10.3. The molecule has 1 saturated carbocycles. The van der Waals surface area contributed by atoms with E-state index in [1.165, 1.54) is 0 Å². The summed E-state index contributed by atoms with van der Waals surface area (Å²) in [7, 11) is -3.53. The van der Waals surface area contributed by atoms with Crippen molar-refractivity contribution in [3.63, 3.8) is 0 Å². The van der Waals surface area contributed by atoms with Gasteiger partial charge in [0.15, 0.2) is 0 Å². The van der Waals surface area contributed by atoms with Crippen molar-refractivity contribution in [3.8, 4) is 0 Å². The van der Waals surface area contributed by atoms with E-state index in [2.05, 4.69) is 0 Å². The van der Waals surface area contributed by atoms with Crippen LogP contribution in [0.15, 0.2) is 0 Å². The van der Waals surface area contributed by atoms with Gasteiger partial charge >= 0.3 is 5.97 Å². The molecule has 7 heteroatoms. The molecule has 1 unspecified atom stereocenters. The number of carbonyl (C=O) groups is 1. The van der Waals surface area contributed by atoms with E-state index in [0.717, 1.165) is 30.0 Å². The molecule has 6 nitrogen and oxygen atoms in total. The second-order valence-electron chi connectivity index (χ2n) is 5.04. The van der Waals surface area contributed by atoms with E-state index in [9.17, 15) is 13.2 Å². The fourth-order valence-electron chi connectivity index (χ4n) is 2.13. The Balaban J connectivity index is 1.98. The minimum atomic E-state index is -3.53. The predicted molar refractivity (Wildman–Crippen MR) is 64.7 cm³/mol. The van der Waals surface area contributed by atoms with E-state index < -0.39 is 22.5 Å². The van der Waals surface area contributed by atoms with E-state index in [-0.39, 0.29) is 11.9 Å². The van der Waals surface area contributed by atoms with Crippen LogP contribution in [0.2, 0.25) is 0 Å². The lowest BCUT2D eigenvalue weighted by molar-refractivity contribution is -0.137. The van der Waals surface area contributed by atoms with Gasteiger partial charge in [0.25, 0.3) is 0 Å². The zero-order valence-electron chi connectivity index (χ0n) is 10.2. The maximum Gasteiger partial charge on any atom is 0.318 e. The molecule has 1 atom stereocenters. The highest BCUT2D eigenvalue weighted by atomic mass is 32.2. The Hall–Kier alpha value is -0.660. The molecule has 2 aliphatic rings. The standard InChI is InChI=1S/C11H19NO5S/c13-11(14)7-12(6-9-3-4-9)18(15,16)8-10-2-1-5-17-10/h9-10H,1-8H2,(H,13,14). The summed E-state index contributed by atoms with van der Waals surface area (Å²) in [4.78, 5) is 10.8. The lowest BCUT2D eigenvalue weighted by Gasteiger charge is -2.21. The number of hydrogen-bond donors (Lipinski definition) is 1. The summed E-state index contributed by atoms with van der Waals surface area (Å²) >= 11 is 0. The highest BCUT2D eigenvalue weighted by Crippen LogP contribution is 2.30. The minimum Gasteiger partial charge on any atom is -0.480 e. The molecule has 0 aromatic carbocycles. The molecule has 2 fully saturated rings. The third-order valence-corrected chi connectivity index (χ3v) is 5.14. The Bertz CT molecular complexity index is 398. The van der Waals surface area contributed by atoms with E-state index in [0.29, 0.717) is 19.1 Å². The number of ether oxygens (including phenoxy) is 1. The predicted octanol–water partition coefficient (Wildman–Crippen LogP) is 0.292. The average molecular weight is 277 g/mol.